The minimum Gasteiger partial charge on any atom is -0.335 e. The number of likely N-dealkylation sites (tertiary alicyclic amines) is 1. The third kappa shape index (κ3) is 5.11. The Morgan fingerprint density at radius 1 is 1.28 bits per heavy atom. The van der Waals surface area contributed by atoms with Crippen LogP contribution in [-0.2, 0) is 0 Å². The number of amides is 2. The lowest BCUT2D eigenvalue weighted by atomic mass is 10.0. The topological polar surface area (TPSA) is 44.4 Å². The SMILES string of the molecule is CC(C)CN1CCC(NC(=O)N[C@@H]2CCSc3ccc(F)cc32)CC1. The van der Waals surface area contributed by atoms with Crippen molar-refractivity contribution in [1.29, 1.82) is 0 Å². The minimum atomic E-state index is -0.244. The summed E-state index contributed by atoms with van der Waals surface area (Å²) in [5, 5.41) is 6.16. The van der Waals surface area contributed by atoms with Gasteiger partial charge in [-0.15, -0.1) is 11.8 Å². The highest BCUT2D eigenvalue weighted by Crippen LogP contribution is 2.36. The Bertz CT molecular complexity index is 602. The molecule has 3 rings (SSSR count). The molecule has 0 aromatic heterocycles. The first-order valence-corrected chi connectivity index (χ1v) is 10.2. The van der Waals surface area contributed by atoms with Gasteiger partial charge in [0.2, 0.25) is 0 Å². The van der Waals surface area contributed by atoms with E-state index in [1.165, 1.54) is 6.07 Å². The minimum absolute atomic E-state index is 0.104. The highest BCUT2D eigenvalue weighted by Gasteiger charge is 2.25. The van der Waals surface area contributed by atoms with Crippen molar-refractivity contribution in [3.05, 3.63) is 29.6 Å². The summed E-state index contributed by atoms with van der Waals surface area (Å²) in [6.45, 7) is 7.68. The second-order valence-electron chi connectivity index (χ2n) is 7.46. The molecule has 2 aliphatic rings. The Balaban J connectivity index is 1.50. The van der Waals surface area contributed by atoms with Crippen molar-refractivity contribution >= 4 is 17.8 Å². The molecular formula is C19H28FN3OS. The zero-order valence-corrected chi connectivity index (χ0v) is 15.9. The summed E-state index contributed by atoms with van der Waals surface area (Å²) >= 11 is 1.72. The molecule has 2 heterocycles. The fourth-order valence-corrected chi connectivity index (χ4v) is 4.78. The fraction of sp³-hybridized carbons (Fsp3) is 0.632. The van der Waals surface area contributed by atoms with Crippen LogP contribution in [0.2, 0.25) is 0 Å². The summed E-state index contributed by atoms with van der Waals surface area (Å²) in [6.07, 6.45) is 2.82. The maximum absolute atomic E-state index is 13.6. The van der Waals surface area contributed by atoms with Gasteiger partial charge < -0.3 is 15.5 Å². The molecule has 2 N–H and O–H groups in total. The highest BCUT2D eigenvalue weighted by molar-refractivity contribution is 7.99. The quantitative estimate of drug-likeness (QED) is 0.853. The van der Waals surface area contributed by atoms with Gasteiger partial charge in [0, 0.05) is 36.3 Å². The van der Waals surface area contributed by atoms with E-state index in [1.807, 2.05) is 6.07 Å². The molecule has 6 heteroatoms. The van der Waals surface area contributed by atoms with Crippen LogP contribution in [0, 0.1) is 11.7 Å². The van der Waals surface area contributed by atoms with Gasteiger partial charge in [-0.1, -0.05) is 13.8 Å². The number of hydrogen-bond donors (Lipinski definition) is 2. The molecule has 0 spiro atoms. The van der Waals surface area contributed by atoms with E-state index >= 15 is 0 Å². The number of nitrogens with one attached hydrogen (secondary N) is 2. The molecular weight excluding hydrogens is 337 g/mol. The van der Waals surface area contributed by atoms with Gasteiger partial charge in [0.25, 0.3) is 0 Å². The zero-order valence-electron chi connectivity index (χ0n) is 15.1. The van der Waals surface area contributed by atoms with Crippen molar-refractivity contribution < 1.29 is 9.18 Å². The smallest absolute Gasteiger partial charge is 0.315 e. The fourth-order valence-electron chi connectivity index (χ4n) is 3.68. The van der Waals surface area contributed by atoms with Crippen molar-refractivity contribution in [2.75, 3.05) is 25.4 Å². The van der Waals surface area contributed by atoms with Gasteiger partial charge in [-0.2, -0.15) is 0 Å². The number of carbonyl (C=O) groups is 1. The predicted octanol–water partition coefficient (Wildman–Crippen LogP) is 3.78. The summed E-state index contributed by atoms with van der Waals surface area (Å²) in [7, 11) is 0. The number of nitrogens with zero attached hydrogens (tertiary/aromatic N) is 1. The summed E-state index contributed by atoms with van der Waals surface area (Å²) in [5.74, 6) is 1.38. The van der Waals surface area contributed by atoms with E-state index in [9.17, 15) is 9.18 Å². The van der Waals surface area contributed by atoms with Gasteiger partial charge in [0.05, 0.1) is 6.04 Å². The Hall–Kier alpha value is -1.27. The molecule has 0 aliphatic carbocycles. The van der Waals surface area contributed by atoms with Crippen LogP contribution in [0.1, 0.15) is 44.7 Å². The molecule has 0 radical (unpaired) electrons. The molecule has 2 aliphatic heterocycles. The number of carbonyl (C=O) groups excluding carboxylic acids is 1. The Morgan fingerprint density at radius 2 is 2.04 bits per heavy atom. The standard InChI is InChI=1S/C19H28FN3OS/c1-13(2)12-23-8-5-15(6-9-23)21-19(24)22-17-7-10-25-18-4-3-14(20)11-16(17)18/h3-4,11,13,15,17H,5-10,12H2,1-2H3,(H2,21,22,24)/t17-/m1/s1. The van der Waals surface area contributed by atoms with E-state index in [4.69, 9.17) is 0 Å². The molecule has 0 saturated carbocycles. The molecule has 4 nitrogen and oxygen atoms in total. The Morgan fingerprint density at radius 3 is 2.76 bits per heavy atom. The lowest BCUT2D eigenvalue weighted by Crippen LogP contribution is -2.49. The molecule has 0 bridgehead atoms. The van der Waals surface area contributed by atoms with Crippen molar-refractivity contribution in [1.82, 2.24) is 15.5 Å². The largest absolute Gasteiger partial charge is 0.335 e. The van der Waals surface area contributed by atoms with Crippen molar-refractivity contribution in [3.8, 4) is 0 Å². The molecule has 1 fully saturated rings. The molecule has 1 aromatic carbocycles. The molecule has 2 amide bonds. The van der Waals surface area contributed by atoms with Gasteiger partial charge in [-0.25, -0.2) is 9.18 Å². The lowest BCUT2D eigenvalue weighted by Gasteiger charge is -2.34. The molecule has 1 saturated heterocycles. The van der Waals surface area contributed by atoms with E-state index in [2.05, 4.69) is 29.4 Å². The molecule has 1 atom stereocenters. The Kier molecular flexibility index (Phi) is 6.23. The van der Waals surface area contributed by atoms with Crippen LogP contribution in [-0.4, -0.2) is 42.4 Å². The number of thioether (sulfide) groups is 1. The number of fused-ring (bicyclic) bond motifs is 1. The summed E-state index contributed by atoms with van der Waals surface area (Å²) in [6, 6.07) is 4.84. The summed E-state index contributed by atoms with van der Waals surface area (Å²) in [4.78, 5) is 15.9. The summed E-state index contributed by atoms with van der Waals surface area (Å²) in [5.41, 5.74) is 0.901. The Labute approximate surface area is 153 Å². The van der Waals surface area contributed by atoms with Crippen LogP contribution in [0.4, 0.5) is 9.18 Å². The molecule has 0 unspecified atom stereocenters. The van der Waals surface area contributed by atoms with E-state index < -0.39 is 0 Å². The van der Waals surface area contributed by atoms with Gasteiger partial charge in [-0.3, -0.25) is 0 Å². The van der Waals surface area contributed by atoms with E-state index in [-0.39, 0.29) is 23.9 Å². The van der Waals surface area contributed by atoms with E-state index in [0.29, 0.717) is 5.92 Å². The molecule has 138 valence electrons. The summed E-state index contributed by atoms with van der Waals surface area (Å²) < 4.78 is 13.6. The number of benzene rings is 1. The lowest BCUT2D eigenvalue weighted by molar-refractivity contribution is 0.177. The second kappa shape index (κ2) is 8.41. The van der Waals surface area contributed by atoms with E-state index in [1.54, 1.807) is 17.8 Å². The monoisotopic (exact) mass is 365 g/mol. The average molecular weight is 366 g/mol. The molecule has 1 aromatic rings. The number of hydrogen-bond acceptors (Lipinski definition) is 3. The maximum Gasteiger partial charge on any atom is 0.315 e. The maximum atomic E-state index is 13.6. The van der Waals surface area contributed by atoms with Crippen LogP contribution in [0.25, 0.3) is 0 Å². The average Bonchev–Trinajstić information content (AvgIpc) is 2.57. The van der Waals surface area contributed by atoms with Gasteiger partial charge >= 0.3 is 6.03 Å². The third-order valence-corrected chi connectivity index (χ3v) is 5.99. The predicted molar refractivity (Wildman–Crippen MR) is 100 cm³/mol. The third-order valence-electron chi connectivity index (χ3n) is 4.86. The van der Waals surface area contributed by atoms with Gasteiger partial charge in [0.15, 0.2) is 0 Å². The van der Waals surface area contributed by atoms with Crippen molar-refractivity contribution in [2.24, 2.45) is 5.92 Å². The van der Waals surface area contributed by atoms with Gasteiger partial charge in [0.1, 0.15) is 5.82 Å². The molecule has 25 heavy (non-hydrogen) atoms. The van der Waals surface area contributed by atoms with E-state index in [0.717, 1.165) is 55.1 Å². The second-order valence-corrected chi connectivity index (χ2v) is 8.60. The van der Waals surface area contributed by atoms with Crippen LogP contribution in [0.5, 0.6) is 0 Å². The van der Waals surface area contributed by atoms with Crippen LogP contribution >= 0.6 is 11.8 Å². The number of piperidine rings is 1. The first-order chi connectivity index (χ1) is 12.0. The van der Waals surface area contributed by atoms with Crippen LogP contribution in [0.3, 0.4) is 0 Å². The van der Waals surface area contributed by atoms with Crippen molar-refractivity contribution in [3.63, 3.8) is 0 Å². The van der Waals surface area contributed by atoms with Gasteiger partial charge in [-0.05, 0) is 48.9 Å². The number of urea groups is 1. The first-order valence-electron chi connectivity index (χ1n) is 9.23. The first kappa shape index (κ1) is 18.5. The number of rotatable bonds is 4. The highest BCUT2D eigenvalue weighted by atomic mass is 32.2. The van der Waals surface area contributed by atoms with Crippen molar-refractivity contribution in [2.45, 2.75) is 50.1 Å². The number of halogens is 1. The normalized spacial score (nSPS) is 21.8. The van der Waals surface area contributed by atoms with Crippen LogP contribution < -0.4 is 10.6 Å². The zero-order chi connectivity index (χ0) is 17.8. The van der Waals surface area contributed by atoms with Crippen LogP contribution in [0.15, 0.2) is 23.1 Å².